The number of pyridine rings is 1. The molecule has 6 heteroatoms. The van der Waals surface area contributed by atoms with Crippen LogP contribution in [0.25, 0.3) is 22.2 Å². The van der Waals surface area contributed by atoms with Crippen molar-refractivity contribution >= 4 is 16.7 Å². The summed E-state index contributed by atoms with van der Waals surface area (Å²) in [7, 11) is 0. The molecule has 0 bridgehead atoms. The summed E-state index contributed by atoms with van der Waals surface area (Å²) in [6, 6.07) is 14.9. The van der Waals surface area contributed by atoms with Crippen molar-refractivity contribution in [1.29, 1.82) is 0 Å². The summed E-state index contributed by atoms with van der Waals surface area (Å²) in [4.78, 5) is 7.11. The zero-order chi connectivity index (χ0) is 21.3. The normalized spacial score (nSPS) is 26.4. The van der Waals surface area contributed by atoms with Crippen molar-refractivity contribution in [1.82, 2.24) is 20.1 Å². The quantitative estimate of drug-likeness (QED) is 0.655. The molecule has 6 rings (SSSR count). The van der Waals surface area contributed by atoms with Gasteiger partial charge in [-0.25, -0.2) is 0 Å². The molecule has 0 spiro atoms. The fourth-order valence-corrected chi connectivity index (χ4v) is 5.97. The summed E-state index contributed by atoms with van der Waals surface area (Å²) in [6.45, 7) is 5.71. The number of ether oxygens (including phenoxy) is 1. The molecule has 2 aliphatic heterocycles. The molecule has 2 aromatic heterocycles. The van der Waals surface area contributed by atoms with Gasteiger partial charge in [0.2, 0.25) is 0 Å². The summed E-state index contributed by atoms with van der Waals surface area (Å²) in [5.41, 5.74) is 2.97. The zero-order valence-corrected chi connectivity index (χ0v) is 18.5. The molecule has 6 nitrogen and oxygen atoms in total. The van der Waals surface area contributed by atoms with Crippen LogP contribution in [0.15, 0.2) is 48.7 Å². The molecule has 1 N–H and O–H groups in total. The van der Waals surface area contributed by atoms with Crippen LogP contribution >= 0.6 is 0 Å². The number of likely N-dealkylation sites (tertiary alicyclic amines) is 1. The van der Waals surface area contributed by atoms with E-state index in [1.807, 2.05) is 18.3 Å². The minimum Gasteiger partial charge on any atom is -0.381 e. The molecular formula is C26H31N5O. The molecular weight excluding hydrogens is 398 g/mol. The summed E-state index contributed by atoms with van der Waals surface area (Å²) in [6.07, 6.45) is 6.79. The number of rotatable bonds is 5. The lowest BCUT2D eigenvalue weighted by atomic mass is 10.00. The van der Waals surface area contributed by atoms with E-state index in [0.717, 1.165) is 58.9 Å². The molecule has 3 fully saturated rings. The Morgan fingerprint density at radius 2 is 1.81 bits per heavy atom. The Hall–Kier alpha value is -2.57. The molecule has 1 aromatic carbocycles. The molecule has 3 aliphatic rings. The summed E-state index contributed by atoms with van der Waals surface area (Å²) >= 11 is 0. The Morgan fingerprint density at radius 1 is 0.969 bits per heavy atom. The maximum absolute atomic E-state index is 5.52. The smallest absolute Gasteiger partial charge is 0.148 e. The second-order valence-corrected chi connectivity index (χ2v) is 9.82. The Labute approximate surface area is 189 Å². The third kappa shape index (κ3) is 4.21. The van der Waals surface area contributed by atoms with E-state index in [-0.39, 0.29) is 0 Å². The van der Waals surface area contributed by atoms with Crippen LogP contribution in [0.2, 0.25) is 0 Å². The van der Waals surface area contributed by atoms with Crippen LogP contribution in [0.4, 0.5) is 5.82 Å². The molecule has 4 heterocycles. The Bertz CT molecular complexity index is 1050. The first-order valence-electron chi connectivity index (χ1n) is 12.1. The van der Waals surface area contributed by atoms with E-state index in [9.17, 15) is 0 Å². The molecule has 0 amide bonds. The average molecular weight is 430 g/mol. The number of nitrogens with zero attached hydrogens (tertiary/aromatic N) is 4. The molecule has 0 radical (unpaired) electrons. The van der Waals surface area contributed by atoms with Crippen LogP contribution in [-0.2, 0) is 4.74 Å². The van der Waals surface area contributed by atoms with Crippen molar-refractivity contribution in [3.8, 4) is 11.3 Å². The highest BCUT2D eigenvalue weighted by molar-refractivity contribution is 5.83. The Balaban J connectivity index is 1.04. The van der Waals surface area contributed by atoms with Crippen molar-refractivity contribution in [2.24, 2.45) is 17.8 Å². The van der Waals surface area contributed by atoms with E-state index in [1.165, 1.54) is 45.3 Å². The highest BCUT2D eigenvalue weighted by Crippen LogP contribution is 2.39. The standard InChI is InChI=1S/C26H31N5O/c1-2-19-12-20(3-4-24(19)27-9-1)25-5-6-26(30-29-25)28-23-13-21-16-31(17-22(21)14-23)15-18-7-10-32-11-8-18/h1-6,9,12,18,21-23H,7-8,10-11,13-17H2,(H,28,30)/t21-,22+,23+. The lowest BCUT2D eigenvalue weighted by molar-refractivity contribution is 0.0545. The van der Waals surface area contributed by atoms with Crippen molar-refractivity contribution in [2.45, 2.75) is 31.7 Å². The molecule has 166 valence electrons. The van der Waals surface area contributed by atoms with Crippen LogP contribution in [0.3, 0.4) is 0 Å². The molecule has 2 saturated heterocycles. The van der Waals surface area contributed by atoms with Gasteiger partial charge in [0, 0.05) is 56.0 Å². The SMILES string of the molecule is c1cnc2ccc(-c3ccc(N[C@H]4C[C@@H]5CN(CC6CCOCC6)C[C@@H]5C4)nn3)cc2c1. The van der Waals surface area contributed by atoms with E-state index >= 15 is 0 Å². The van der Waals surface area contributed by atoms with E-state index < -0.39 is 0 Å². The van der Waals surface area contributed by atoms with Gasteiger partial charge in [-0.05, 0) is 73.8 Å². The predicted molar refractivity (Wildman–Crippen MR) is 126 cm³/mol. The van der Waals surface area contributed by atoms with Gasteiger partial charge in [-0.1, -0.05) is 12.1 Å². The second kappa shape index (κ2) is 8.75. The first-order chi connectivity index (χ1) is 15.8. The van der Waals surface area contributed by atoms with Gasteiger partial charge in [-0.2, -0.15) is 0 Å². The van der Waals surface area contributed by atoms with E-state index in [0.29, 0.717) is 6.04 Å². The van der Waals surface area contributed by atoms with Gasteiger partial charge in [-0.3, -0.25) is 4.98 Å². The number of benzene rings is 1. The van der Waals surface area contributed by atoms with Crippen LogP contribution in [0.5, 0.6) is 0 Å². The predicted octanol–water partition coefficient (Wildman–Crippen LogP) is 4.24. The van der Waals surface area contributed by atoms with E-state index in [4.69, 9.17) is 4.74 Å². The van der Waals surface area contributed by atoms with Gasteiger partial charge >= 0.3 is 0 Å². The monoisotopic (exact) mass is 429 g/mol. The van der Waals surface area contributed by atoms with Gasteiger partial charge in [0.15, 0.2) is 0 Å². The minimum atomic E-state index is 0.516. The molecule has 1 aliphatic carbocycles. The number of hydrogen-bond acceptors (Lipinski definition) is 6. The van der Waals surface area contributed by atoms with Crippen molar-refractivity contribution < 1.29 is 4.74 Å². The minimum absolute atomic E-state index is 0.516. The number of hydrogen-bond donors (Lipinski definition) is 1. The molecule has 32 heavy (non-hydrogen) atoms. The van der Waals surface area contributed by atoms with Gasteiger partial charge in [0.1, 0.15) is 5.82 Å². The van der Waals surface area contributed by atoms with Crippen molar-refractivity contribution in [3.63, 3.8) is 0 Å². The number of aromatic nitrogens is 3. The fourth-order valence-electron chi connectivity index (χ4n) is 5.97. The first kappa shape index (κ1) is 20.1. The van der Waals surface area contributed by atoms with Crippen LogP contribution in [0, 0.1) is 17.8 Å². The largest absolute Gasteiger partial charge is 0.381 e. The Morgan fingerprint density at radius 3 is 2.59 bits per heavy atom. The molecule has 0 unspecified atom stereocenters. The number of anilines is 1. The van der Waals surface area contributed by atoms with E-state index in [1.54, 1.807) is 0 Å². The van der Waals surface area contributed by atoms with Crippen LogP contribution < -0.4 is 5.32 Å². The first-order valence-corrected chi connectivity index (χ1v) is 12.1. The zero-order valence-electron chi connectivity index (χ0n) is 18.5. The average Bonchev–Trinajstić information content (AvgIpc) is 3.38. The maximum atomic E-state index is 5.52. The number of fused-ring (bicyclic) bond motifs is 2. The van der Waals surface area contributed by atoms with E-state index in [2.05, 4.69) is 55.7 Å². The molecule has 3 aromatic rings. The van der Waals surface area contributed by atoms with Crippen molar-refractivity contribution in [3.05, 3.63) is 48.7 Å². The summed E-state index contributed by atoms with van der Waals surface area (Å²) in [5.74, 6) is 3.38. The second-order valence-electron chi connectivity index (χ2n) is 9.82. The van der Waals surface area contributed by atoms with Crippen molar-refractivity contribution in [2.75, 3.05) is 38.2 Å². The Kier molecular flexibility index (Phi) is 5.49. The molecule has 3 atom stereocenters. The highest BCUT2D eigenvalue weighted by Gasteiger charge is 2.41. The summed E-state index contributed by atoms with van der Waals surface area (Å²) < 4.78 is 5.52. The fraction of sp³-hybridized carbons (Fsp3) is 0.500. The third-order valence-electron chi connectivity index (χ3n) is 7.60. The third-order valence-corrected chi connectivity index (χ3v) is 7.60. The highest BCUT2D eigenvalue weighted by atomic mass is 16.5. The lowest BCUT2D eigenvalue weighted by Crippen LogP contribution is -2.32. The van der Waals surface area contributed by atoms with Crippen LogP contribution in [-0.4, -0.2) is 59.0 Å². The number of nitrogens with one attached hydrogen (secondary N) is 1. The van der Waals surface area contributed by atoms with Gasteiger partial charge in [-0.15, -0.1) is 10.2 Å². The van der Waals surface area contributed by atoms with Gasteiger partial charge in [0.25, 0.3) is 0 Å². The maximum Gasteiger partial charge on any atom is 0.148 e. The topological polar surface area (TPSA) is 63.2 Å². The summed E-state index contributed by atoms with van der Waals surface area (Å²) in [5, 5.41) is 13.8. The van der Waals surface area contributed by atoms with Crippen LogP contribution in [0.1, 0.15) is 25.7 Å². The lowest BCUT2D eigenvalue weighted by Gasteiger charge is -2.27. The van der Waals surface area contributed by atoms with Gasteiger partial charge in [0.05, 0.1) is 11.2 Å². The molecule has 1 saturated carbocycles. The van der Waals surface area contributed by atoms with Gasteiger partial charge < -0.3 is 15.0 Å².